The lowest BCUT2D eigenvalue weighted by molar-refractivity contribution is 0.709. The van der Waals surface area contributed by atoms with Crippen molar-refractivity contribution in [1.82, 2.24) is 24.9 Å². The van der Waals surface area contributed by atoms with Gasteiger partial charge in [0.15, 0.2) is 0 Å². The Bertz CT molecular complexity index is 853. The molecule has 25 heavy (non-hydrogen) atoms. The SMILES string of the molecule is Cc1cc(N2CCCC2c2ccnc(Nc3cnccn3)c2)ncn1. The van der Waals surface area contributed by atoms with Crippen LogP contribution in [0.4, 0.5) is 17.5 Å². The molecule has 0 aromatic carbocycles. The summed E-state index contributed by atoms with van der Waals surface area (Å²) in [5, 5.41) is 3.20. The van der Waals surface area contributed by atoms with E-state index in [-0.39, 0.29) is 0 Å². The molecule has 0 aliphatic carbocycles. The second kappa shape index (κ2) is 6.80. The Morgan fingerprint density at radius 3 is 2.80 bits per heavy atom. The summed E-state index contributed by atoms with van der Waals surface area (Å²) < 4.78 is 0. The summed E-state index contributed by atoms with van der Waals surface area (Å²) in [6, 6.07) is 6.47. The van der Waals surface area contributed by atoms with Gasteiger partial charge in [0.1, 0.15) is 23.8 Å². The third kappa shape index (κ3) is 3.40. The fraction of sp³-hybridized carbons (Fsp3) is 0.278. The summed E-state index contributed by atoms with van der Waals surface area (Å²) >= 11 is 0. The second-order valence-electron chi connectivity index (χ2n) is 6.06. The largest absolute Gasteiger partial charge is 0.349 e. The van der Waals surface area contributed by atoms with Crippen LogP contribution in [0.1, 0.15) is 30.1 Å². The minimum absolute atomic E-state index is 0.291. The Morgan fingerprint density at radius 2 is 1.96 bits per heavy atom. The van der Waals surface area contributed by atoms with Crippen molar-refractivity contribution in [1.29, 1.82) is 0 Å². The number of aryl methyl sites for hydroxylation is 1. The zero-order valence-corrected chi connectivity index (χ0v) is 14.0. The van der Waals surface area contributed by atoms with Gasteiger partial charge in [0, 0.05) is 36.9 Å². The van der Waals surface area contributed by atoms with Crippen LogP contribution in [-0.4, -0.2) is 31.5 Å². The van der Waals surface area contributed by atoms with Crippen LogP contribution in [0, 0.1) is 6.92 Å². The maximum atomic E-state index is 4.45. The van der Waals surface area contributed by atoms with Crippen molar-refractivity contribution in [2.45, 2.75) is 25.8 Å². The first-order chi connectivity index (χ1) is 12.3. The van der Waals surface area contributed by atoms with Gasteiger partial charge in [-0.15, -0.1) is 0 Å². The van der Waals surface area contributed by atoms with Crippen LogP contribution in [0.3, 0.4) is 0 Å². The molecule has 3 aromatic rings. The lowest BCUT2D eigenvalue weighted by Gasteiger charge is -2.26. The fourth-order valence-electron chi connectivity index (χ4n) is 3.20. The quantitative estimate of drug-likeness (QED) is 0.786. The number of aromatic nitrogens is 5. The first kappa shape index (κ1) is 15.4. The molecule has 0 spiro atoms. The lowest BCUT2D eigenvalue weighted by atomic mass is 10.1. The summed E-state index contributed by atoms with van der Waals surface area (Å²) in [6.45, 7) is 2.99. The third-order valence-corrected chi connectivity index (χ3v) is 4.32. The Labute approximate surface area is 146 Å². The van der Waals surface area contributed by atoms with Gasteiger partial charge in [-0.25, -0.2) is 19.9 Å². The van der Waals surface area contributed by atoms with Gasteiger partial charge in [0.25, 0.3) is 0 Å². The summed E-state index contributed by atoms with van der Waals surface area (Å²) in [5.74, 6) is 2.43. The minimum atomic E-state index is 0.291. The number of rotatable bonds is 4. The van der Waals surface area contributed by atoms with E-state index in [1.54, 1.807) is 24.9 Å². The average Bonchev–Trinajstić information content (AvgIpc) is 3.13. The predicted molar refractivity (Wildman–Crippen MR) is 95.6 cm³/mol. The molecule has 0 radical (unpaired) electrons. The van der Waals surface area contributed by atoms with E-state index in [1.165, 1.54) is 5.56 Å². The zero-order valence-electron chi connectivity index (χ0n) is 14.0. The molecule has 1 N–H and O–H groups in total. The molecule has 1 fully saturated rings. The molecule has 7 nitrogen and oxygen atoms in total. The van der Waals surface area contributed by atoms with Gasteiger partial charge in [0.2, 0.25) is 0 Å². The van der Waals surface area contributed by atoms with E-state index in [0.717, 1.165) is 36.7 Å². The van der Waals surface area contributed by atoms with E-state index in [1.807, 2.05) is 19.2 Å². The van der Waals surface area contributed by atoms with Gasteiger partial charge in [-0.3, -0.25) is 4.98 Å². The van der Waals surface area contributed by atoms with Gasteiger partial charge in [-0.2, -0.15) is 0 Å². The topological polar surface area (TPSA) is 79.7 Å². The molecular formula is C18H19N7. The lowest BCUT2D eigenvalue weighted by Crippen LogP contribution is -2.23. The first-order valence-electron chi connectivity index (χ1n) is 8.34. The maximum absolute atomic E-state index is 4.45. The van der Waals surface area contributed by atoms with Crippen LogP contribution >= 0.6 is 0 Å². The first-order valence-corrected chi connectivity index (χ1v) is 8.34. The van der Waals surface area contributed by atoms with Crippen molar-refractivity contribution in [3.63, 3.8) is 0 Å². The second-order valence-corrected chi connectivity index (χ2v) is 6.06. The van der Waals surface area contributed by atoms with Crippen molar-refractivity contribution in [2.75, 3.05) is 16.8 Å². The van der Waals surface area contributed by atoms with Crippen LogP contribution < -0.4 is 10.2 Å². The summed E-state index contributed by atoms with van der Waals surface area (Å²) in [4.78, 5) is 23.7. The Kier molecular flexibility index (Phi) is 4.20. The van der Waals surface area contributed by atoms with Gasteiger partial charge < -0.3 is 10.2 Å². The van der Waals surface area contributed by atoms with Crippen molar-refractivity contribution in [3.8, 4) is 0 Å². The molecule has 4 rings (SSSR count). The van der Waals surface area contributed by atoms with E-state index < -0.39 is 0 Å². The smallest absolute Gasteiger partial charge is 0.150 e. The molecule has 1 unspecified atom stereocenters. The summed E-state index contributed by atoms with van der Waals surface area (Å²) in [5.41, 5.74) is 2.20. The number of nitrogens with zero attached hydrogens (tertiary/aromatic N) is 6. The standard InChI is InChI=1S/C18H19N7/c1-13-9-18(23-12-22-13)25-8-2-3-15(25)14-4-5-20-16(10-14)24-17-11-19-6-7-21-17/h4-7,9-12,15H,2-3,8H2,1H3,(H,20,21,24). The van der Waals surface area contributed by atoms with Crippen LogP contribution in [-0.2, 0) is 0 Å². The van der Waals surface area contributed by atoms with E-state index in [4.69, 9.17) is 0 Å². The number of hydrogen-bond donors (Lipinski definition) is 1. The molecule has 0 saturated carbocycles. The maximum Gasteiger partial charge on any atom is 0.150 e. The molecule has 1 aliphatic rings. The predicted octanol–water partition coefficient (Wildman–Crippen LogP) is 3.06. The molecule has 126 valence electrons. The Balaban J connectivity index is 1.59. The number of nitrogens with one attached hydrogen (secondary N) is 1. The fourth-order valence-corrected chi connectivity index (χ4v) is 3.20. The number of pyridine rings is 1. The normalized spacial score (nSPS) is 16.8. The van der Waals surface area contributed by atoms with Crippen LogP contribution in [0.15, 0.2) is 49.3 Å². The highest BCUT2D eigenvalue weighted by Crippen LogP contribution is 2.35. The zero-order chi connectivity index (χ0) is 17.1. The highest BCUT2D eigenvalue weighted by Gasteiger charge is 2.27. The molecule has 0 amide bonds. The molecular weight excluding hydrogens is 314 g/mol. The van der Waals surface area contributed by atoms with E-state index in [0.29, 0.717) is 11.9 Å². The van der Waals surface area contributed by atoms with Gasteiger partial charge in [-0.1, -0.05) is 0 Å². The van der Waals surface area contributed by atoms with Crippen LogP contribution in [0.25, 0.3) is 0 Å². The van der Waals surface area contributed by atoms with E-state index in [9.17, 15) is 0 Å². The number of hydrogen-bond acceptors (Lipinski definition) is 7. The molecule has 4 heterocycles. The van der Waals surface area contributed by atoms with Crippen LogP contribution in [0.5, 0.6) is 0 Å². The third-order valence-electron chi connectivity index (χ3n) is 4.32. The van der Waals surface area contributed by atoms with Gasteiger partial charge in [0.05, 0.1) is 12.2 Å². The highest BCUT2D eigenvalue weighted by atomic mass is 15.2. The number of anilines is 3. The van der Waals surface area contributed by atoms with E-state index in [2.05, 4.69) is 47.3 Å². The Morgan fingerprint density at radius 1 is 1.04 bits per heavy atom. The molecule has 1 saturated heterocycles. The highest BCUT2D eigenvalue weighted by molar-refractivity contribution is 5.53. The van der Waals surface area contributed by atoms with Crippen molar-refractivity contribution in [2.24, 2.45) is 0 Å². The molecule has 3 aromatic heterocycles. The Hall–Kier alpha value is -3.09. The molecule has 0 bridgehead atoms. The van der Waals surface area contributed by atoms with Crippen molar-refractivity contribution in [3.05, 3.63) is 60.6 Å². The molecule has 1 atom stereocenters. The van der Waals surface area contributed by atoms with Gasteiger partial charge in [-0.05, 0) is 37.5 Å². The molecule has 7 heteroatoms. The monoisotopic (exact) mass is 333 g/mol. The van der Waals surface area contributed by atoms with Gasteiger partial charge >= 0.3 is 0 Å². The van der Waals surface area contributed by atoms with E-state index >= 15 is 0 Å². The van der Waals surface area contributed by atoms with Crippen LogP contribution in [0.2, 0.25) is 0 Å². The molecule has 1 aliphatic heterocycles. The summed E-state index contributed by atoms with van der Waals surface area (Å²) in [6.07, 6.45) is 10.7. The summed E-state index contributed by atoms with van der Waals surface area (Å²) in [7, 11) is 0. The van der Waals surface area contributed by atoms with Crippen molar-refractivity contribution >= 4 is 17.5 Å². The minimum Gasteiger partial charge on any atom is -0.349 e. The van der Waals surface area contributed by atoms with Crippen molar-refractivity contribution < 1.29 is 0 Å². The average molecular weight is 333 g/mol.